The van der Waals surface area contributed by atoms with Crippen LogP contribution < -0.4 is 0 Å². The molecule has 0 amide bonds. The third kappa shape index (κ3) is 1.60. The van der Waals surface area contributed by atoms with Gasteiger partial charge in [-0.2, -0.15) is 0 Å². The lowest BCUT2D eigenvalue weighted by atomic mass is 9.43. The first kappa shape index (κ1) is 15.6. The van der Waals surface area contributed by atoms with Crippen LogP contribution in [-0.2, 0) is 9.59 Å². The molecular weight excluding hydrogens is 296 g/mol. The van der Waals surface area contributed by atoms with Crippen molar-refractivity contribution >= 4 is 11.6 Å². The van der Waals surface area contributed by atoms with Gasteiger partial charge in [-0.1, -0.05) is 13.8 Å². The summed E-state index contributed by atoms with van der Waals surface area (Å²) in [4.78, 5) is 24.3. The minimum Gasteiger partial charge on any atom is -0.300 e. The summed E-state index contributed by atoms with van der Waals surface area (Å²) in [5.74, 6) is 4.41. The Balaban J connectivity index is 1.51. The number of hydrogen-bond donors (Lipinski definition) is 0. The van der Waals surface area contributed by atoms with Gasteiger partial charge in [-0.15, -0.1) is 0 Å². The standard InChI is InChI=1S/C22H32O2/c1-13(23)19-11-15-12-22(15)18-5-4-14-10-16(24)6-8-20(14,2)17(18)7-9-21(19,22)3/h14-15,17-19H,4-12H2,1-3H3/t14-,15+,17+,18-,19-,20+,21-,22-/m1/s1. The maximum Gasteiger partial charge on any atom is 0.133 e. The summed E-state index contributed by atoms with van der Waals surface area (Å²) in [5, 5.41) is 0. The maximum atomic E-state index is 12.3. The molecule has 0 aromatic heterocycles. The van der Waals surface area contributed by atoms with Crippen molar-refractivity contribution in [2.24, 2.45) is 45.8 Å². The zero-order valence-corrected chi connectivity index (χ0v) is 15.6. The summed E-state index contributed by atoms with van der Waals surface area (Å²) in [7, 11) is 0. The van der Waals surface area contributed by atoms with Gasteiger partial charge in [-0.3, -0.25) is 9.59 Å². The molecule has 5 saturated carbocycles. The molecule has 8 atom stereocenters. The molecule has 0 N–H and O–H groups in total. The van der Waals surface area contributed by atoms with E-state index in [1.54, 1.807) is 0 Å². The third-order valence-electron chi connectivity index (χ3n) is 10.1. The second-order valence-electron chi connectivity index (χ2n) is 10.5. The number of fused-ring (bicyclic) bond motifs is 3. The highest BCUT2D eigenvalue weighted by Gasteiger charge is 2.78. The molecule has 1 spiro atoms. The average molecular weight is 328 g/mol. The monoisotopic (exact) mass is 328 g/mol. The Hall–Kier alpha value is -0.660. The summed E-state index contributed by atoms with van der Waals surface area (Å²) < 4.78 is 0. The molecule has 2 nitrogen and oxygen atoms in total. The lowest BCUT2D eigenvalue weighted by molar-refractivity contribution is -0.150. The van der Waals surface area contributed by atoms with E-state index in [9.17, 15) is 9.59 Å². The van der Waals surface area contributed by atoms with E-state index in [-0.39, 0.29) is 5.41 Å². The maximum absolute atomic E-state index is 12.3. The Morgan fingerprint density at radius 1 is 1.04 bits per heavy atom. The molecule has 0 aromatic rings. The lowest BCUT2D eigenvalue weighted by Gasteiger charge is -2.61. The molecule has 0 heterocycles. The van der Waals surface area contributed by atoms with Crippen molar-refractivity contribution in [3.8, 4) is 0 Å². The fourth-order valence-electron chi connectivity index (χ4n) is 8.90. The van der Waals surface area contributed by atoms with Gasteiger partial charge < -0.3 is 0 Å². The van der Waals surface area contributed by atoms with E-state index in [0.717, 1.165) is 37.0 Å². The van der Waals surface area contributed by atoms with Crippen LogP contribution in [0.2, 0.25) is 0 Å². The van der Waals surface area contributed by atoms with Crippen LogP contribution in [0.5, 0.6) is 0 Å². The van der Waals surface area contributed by atoms with Crippen molar-refractivity contribution in [3.05, 3.63) is 0 Å². The fraction of sp³-hybridized carbons (Fsp3) is 0.909. The molecule has 132 valence electrons. The highest BCUT2D eigenvalue weighted by atomic mass is 16.1. The van der Waals surface area contributed by atoms with E-state index < -0.39 is 0 Å². The molecule has 5 fully saturated rings. The number of rotatable bonds is 1. The van der Waals surface area contributed by atoms with Gasteiger partial charge in [-0.25, -0.2) is 0 Å². The normalized spacial score (nSPS) is 58.3. The van der Waals surface area contributed by atoms with Gasteiger partial charge in [0.25, 0.3) is 0 Å². The predicted octanol–water partition coefficient (Wildman–Crippen LogP) is 4.80. The van der Waals surface area contributed by atoms with Crippen LogP contribution in [0.1, 0.15) is 78.6 Å². The van der Waals surface area contributed by atoms with Gasteiger partial charge in [0.05, 0.1) is 0 Å². The number of carbonyl (C=O) groups is 2. The lowest BCUT2D eigenvalue weighted by Crippen LogP contribution is -2.55. The molecule has 5 aliphatic carbocycles. The van der Waals surface area contributed by atoms with Crippen molar-refractivity contribution in [3.63, 3.8) is 0 Å². The minimum atomic E-state index is 0.276. The Morgan fingerprint density at radius 2 is 1.83 bits per heavy atom. The first-order chi connectivity index (χ1) is 11.3. The van der Waals surface area contributed by atoms with Crippen LogP contribution in [0, 0.1) is 45.8 Å². The van der Waals surface area contributed by atoms with E-state index in [0.29, 0.717) is 34.2 Å². The van der Waals surface area contributed by atoms with Gasteiger partial charge in [-0.05, 0) is 91.8 Å². The average Bonchev–Trinajstić information content (AvgIpc) is 3.18. The van der Waals surface area contributed by atoms with E-state index in [1.165, 1.54) is 38.5 Å². The van der Waals surface area contributed by atoms with Crippen LogP contribution in [-0.4, -0.2) is 11.6 Å². The molecule has 0 aromatic carbocycles. The van der Waals surface area contributed by atoms with E-state index >= 15 is 0 Å². The molecular formula is C22H32O2. The minimum absolute atomic E-state index is 0.276. The SMILES string of the molecule is CC(=O)[C@H]1C[C@H]2C[C@]23[C@@H]2CC[C@@H]4CC(=O)CC[C@]4(C)[C@H]2CC[C@]13C. The smallest absolute Gasteiger partial charge is 0.133 e. The first-order valence-electron chi connectivity index (χ1n) is 10.3. The van der Waals surface area contributed by atoms with Gasteiger partial charge in [0.15, 0.2) is 0 Å². The van der Waals surface area contributed by atoms with Crippen molar-refractivity contribution in [1.82, 2.24) is 0 Å². The summed E-state index contributed by atoms with van der Waals surface area (Å²) in [6.45, 7) is 6.83. The van der Waals surface area contributed by atoms with E-state index in [1.807, 2.05) is 6.92 Å². The number of Topliss-reactive ketones (excluding diaryl/α,β-unsaturated/α-hetero) is 2. The van der Waals surface area contributed by atoms with Crippen molar-refractivity contribution in [2.75, 3.05) is 0 Å². The third-order valence-corrected chi connectivity index (χ3v) is 10.1. The first-order valence-corrected chi connectivity index (χ1v) is 10.3. The fourth-order valence-corrected chi connectivity index (χ4v) is 8.90. The van der Waals surface area contributed by atoms with Crippen molar-refractivity contribution < 1.29 is 9.59 Å². The Bertz CT molecular complexity index is 623. The number of hydrogen-bond acceptors (Lipinski definition) is 2. The van der Waals surface area contributed by atoms with E-state index in [2.05, 4.69) is 13.8 Å². The Labute approximate surface area is 146 Å². The molecule has 5 rings (SSSR count). The quantitative estimate of drug-likeness (QED) is 0.692. The predicted molar refractivity (Wildman–Crippen MR) is 93.3 cm³/mol. The van der Waals surface area contributed by atoms with Crippen LogP contribution >= 0.6 is 0 Å². The van der Waals surface area contributed by atoms with Crippen LogP contribution in [0.3, 0.4) is 0 Å². The van der Waals surface area contributed by atoms with Gasteiger partial charge >= 0.3 is 0 Å². The number of carbonyl (C=O) groups excluding carboxylic acids is 2. The number of ketones is 2. The van der Waals surface area contributed by atoms with Crippen molar-refractivity contribution in [2.45, 2.75) is 78.6 Å². The topological polar surface area (TPSA) is 34.1 Å². The summed E-state index contributed by atoms with van der Waals surface area (Å²) in [6, 6.07) is 0. The molecule has 0 aliphatic heterocycles. The van der Waals surface area contributed by atoms with Crippen LogP contribution in [0.25, 0.3) is 0 Å². The Kier molecular flexibility index (Phi) is 2.95. The highest BCUT2D eigenvalue weighted by Crippen LogP contribution is 2.84. The van der Waals surface area contributed by atoms with Crippen molar-refractivity contribution in [1.29, 1.82) is 0 Å². The summed E-state index contributed by atoms with van der Waals surface area (Å²) in [5.41, 5.74) is 1.16. The molecule has 0 radical (unpaired) electrons. The largest absolute Gasteiger partial charge is 0.300 e. The van der Waals surface area contributed by atoms with Gasteiger partial charge in [0.1, 0.15) is 11.6 Å². The summed E-state index contributed by atoms with van der Waals surface area (Å²) in [6.07, 6.45) is 10.5. The molecule has 2 heteroatoms. The molecule has 0 saturated heterocycles. The second-order valence-corrected chi connectivity index (χ2v) is 10.5. The highest BCUT2D eigenvalue weighted by molar-refractivity contribution is 5.80. The second kappa shape index (κ2) is 4.54. The Morgan fingerprint density at radius 3 is 2.58 bits per heavy atom. The van der Waals surface area contributed by atoms with Crippen LogP contribution in [0.4, 0.5) is 0 Å². The summed E-state index contributed by atoms with van der Waals surface area (Å²) >= 11 is 0. The van der Waals surface area contributed by atoms with Gasteiger partial charge in [0, 0.05) is 18.8 Å². The zero-order valence-electron chi connectivity index (χ0n) is 15.6. The molecule has 5 aliphatic rings. The molecule has 0 bridgehead atoms. The molecule has 0 unspecified atom stereocenters. The van der Waals surface area contributed by atoms with Crippen LogP contribution in [0.15, 0.2) is 0 Å². The molecule has 24 heavy (non-hydrogen) atoms. The van der Waals surface area contributed by atoms with E-state index in [4.69, 9.17) is 0 Å². The zero-order chi connectivity index (χ0) is 16.9. The van der Waals surface area contributed by atoms with Gasteiger partial charge in [0.2, 0.25) is 0 Å².